The van der Waals surface area contributed by atoms with E-state index in [-0.39, 0.29) is 34.0 Å². The van der Waals surface area contributed by atoms with Crippen molar-refractivity contribution < 1.29 is 18.3 Å². The van der Waals surface area contributed by atoms with E-state index >= 15 is 0 Å². The first-order chi connectivity index (χ1) is 10.9. The molecule has 23 heavy (non-hydrogen) atoms. The maximum Gasteiger partial charge on any atom is 0.344 e. The molecule has 1 aliphatic rings. The Morgan fingerprint density at radius 2 is 2.22 bits per heavy atom. The van der Waals surface area contributed by atoms with Crippen molar-refractivity contribution >= 4 is 34.7 Å². The van der Waals surface area contributed by atoms with Gasteiger partial charge in [-0.2, -0.15) is 0 Å². The van der Waals surface area contributed by atoms with Crippen LogP contribution in [0.3, 0.4) is 0 Å². The second-order valence-electron chi connectivity index (χ2n) is 5.00. The highest BCUT2D eigenvalue weighted by Crippen LogP contribution is 2.47. The summed E-state index contributed by atoms with van der Waals surface area (Å²) in [5, 5.41) is 0.227. The van der Waals surface area contributed by atoms with Crippen LogP contribution in [-0.4, -0.2) is 17.1 Å². The second-order valence-corrected chi connectivity index (χ2v) is 6.31. The summed E-state index contributed by atoms with van der Waals surface area (Å²) in [5.74, 6) is -2.97. The largest absolute Gasteiger partial charge is 0.462 e. The van der Waals surface area contributed by atoms with Crippen molar-refractivity contribution in [2.24, 2.45) is 0 Å². The molecule has 0 fully saturated rings. The Morgan fingerprint density at radius 1 is 1.52 bits per heavy atom. The van der Waals surface area contributed by atoms with Gasteiger partial charge in [-0.1, -0.05) is 24.4 Å². The van der Waals surface area contributed by atoms with Gasteiger partial charge in [0.15, 0.2) is 11.6 Å². The Bertz CT molecular complexity index is 920. The Labute approximate surface area is 134 Å². The molecule has 4 nitrogen and oxygen atoms in total. The van der Waals surface area contributed by atoms with Crippen LogP contribution in [0.5, 0.6) is 0 Å². The van der Waals surface area contributed by atoms with Crippen LogP contribution >= 0.6 is 11.8 Å². The van der Waals surface area contributed by atoms with Gasteiger partial charge in [0.25, 0.3) is 0 Å². The lowest BCUT2D eigenvalue weighted by atomic mass is 10.0. The van der Waals surface area contributed by atoms with E-state index in [4.69, 9.17) is 4.74 Å². The molecular weight excluding hydrogens is 324 g/mol. The van der Waals surface area contributed by atoms with Crippen LogP contribution in [0.25, 0.3) is 17.0 Å². The predicted octanol–water partition coefficient (Wildman–Crippen LogP) is 3.72. The summed E-state index contributed by atoms with van der Waals surface area (Å²) in [6.45, 7) is 7.08. The average Bonchev–Trinajstić information content (AvgIpc) is 2.49. The molecular formula is C16H13F2NO3S. The van der Waals surface area contributed by atoms with Gasteiger partial charge in [-0.15, -0.1) is 0 Å². The van der Waals surface area contributed by atoms with Crippen LogP contribution in [0, 0.1) is 11.6 Å². The third-order valence-electron chi connectivity index (χ3n) is 3.70. The molecule has 1 unspecified atom stereocenters. The number of carbonyl (C=O) groups excluding carboxylic acids is 1. The molecule has 120 valence electrons. The van der Waals surface area contributed by atoms with E-state index in [1.54, 1.807) is 11.5 Å². The zero-order valence-corrected chi connectivity index (χ0v) is 13.3. The minimum absolute atomic E-state index is 0.0576. The Hall–Kier alpha value is -2.15. The average molecular weight is 337 g/mol. The summed E-state index contributed by atoms with van der Waals surface area (Å²) in [5.41, 5.74) is -0.631. The van der Waals surface area contributed by atoms with E-state index in [1.165, 1.54) is 17.8 Å². The molecule has 0 aliphatic carbocycles. The van der Waals surface area contributed by atoms with Crippen molar-refractivity contribution in [3.63, 3.8) is 0 Å². The lowest BCUT2D eigenvalue weighted by molar-refractivity contribution is 0.0518. The van der Waals surface area contributed by atoms with E-state index in [9.17, 15) is 18.4 Å². The topological polar surface area (TPSA) is 48.3 Å². The van der Waals surface area contributed by atoms with Gasteiger partial charge in [0.1, 0.15) is 5.56 Å². The molecule has 0 radical (unpaired) electrons. The third kappa shape index (κ3) is 2.10. The molecule has 0 amide bonds. The summed E-state index contributed by atoms with van der Waals surface area (Å²) < 4.78 is 34.4. The summed E-state index contributed by atoms with van der Waals surface area (Å²) >= 11 is 1.30. The van der Waals surface area contributed by atoms with Crippen molar-refractivity contribution in [1.82, 2.24) is 4.57 Å². The number of ether oxygens (including phenoxy) is 1. The van der Waals surface area contributed by atoms with Crippen molar-refractivity contribution in [1.29, 1.82) is 0 Å². The fourth-order valence-corrected chi connectivity index (χ4v) is 3.86. The highest BCUT2D eigenvalue weighted by atomic mass is 32.2. The van der Waals surface area contributed by atoms with Crippen LogP contribution in [0.2, 0.25) is 0 Å². The van der Waals surface area contributed by atoms with Crippen molar-refractivity contribution in [2.75, 3.05) is 6.61 Å². The zero-order chi connectivity index (χ0) is 16.9. The smallest absolute Gasteiger partial charge is 0.344 e. The van der Waals surface area contributed by atoms with Crippen LogP contribution in [0.15, 0.2) is 22.5 Å². The standard InChI is InChI=1S/C16H13F2NO3S/c1-4-8-12(18)10(17)6-9-13(8)19-7(3)23-15(19)11(14(9)20)16(21)22-5-2/h4,6-7H,1,5H2,2-3H3. The lowest BCUT2D eigenvalue weighted by Gasteiger charge is -2.33. The van der Waals surface area contributed by atoms with E-state index in [1.807, 2.05) is 6.92 Å². The number of carbonyl (C=O) groups is 1. The normalized spacial score (nSPS) is 15.9. The first kappa shape index (κ1) is 15.7. The number of hydrogen-bond donors (Lipinski definition) is 0. The van der Waals surface area contributed by atoms with Gasteiger partial charge < -0.3 is 9.30 Å². The molecule has 7 heteroatoms. The molecule has 0 N–H and O–H groups in total. The molecule has 3 rings (SSSR count). The number of esters is 1. The first-order valence-electron chi connectivity index (χ1n) is 6.98. The number of hydrogen-bond acceptors (Lipinski definition) is 4. The minimum atomic E-state index is -1.15. The molecule has 0 bridgehead atoms. The highest BCUT2D eigenvalue weighted by Gasteiger charge is 2.34. The Morgan fingerprint density at radius 3 is 2.78 bits per heavy atom. The number of aromatic nitrogens is 1. The summed E-state index contributed by atoms with van der Waals surface area (Å²) in [6, 6.07) is 0.825. The summed E-state index contributed by atoms with van der Waals surface area (Å²) in [6.07, 6.45) is 1.17. The predicted molar refractivity (Wildman–Crippen MR) is 84.7 cm³/mol. The van der Waals surface area contributed by atoms with Crippen molar-refractivity contribution in [3.05, 3.63) is 45.6 Å². The van der Waals surface area contributed by atoms with E-state index < -0.39 is 23.0 Å². The van der Waals surface area contributed by atoms with E-state index in [0.717, 1.165) is 6.07 Å². The zero-order valence-electron chi connectivity index (χ0n) is 12.5. The molecule has 0 saturated heterocycles. The number of pyridine rings is 1. The monoisotopic (exact) mass is 337 g/mol. The van der Waals surface area contributed by atoms with Crippen LogP contribution in [0.1, 0.15) is 35.1 Å². The molecule has 2 aromatic rings. The first-order valence-corrected chi connectivity index (χ1v) is 7.86. The quantitative estimate of drug-likeness (QED) is 0.801. The van der Waals surface area contributed by atoms with E-state index in [2.05, 4.69) is 6.58 Å². The summed E-state index contributed by atoms with van der Waals surface area (Å²) in [4.78, 5) is 24.7. The third-order valence-corrected chi connectivity index (χ3v) is 4.88. The number of halogens is 2. The lowest BCUT2D eigenvalue weighted by Crippen LogP contribution is -2.29. The number of thioether (sulfide) groups is 1. The molecule has 1 aliphatic heterocycles. The minimum Gasteiger partial charge on any atom is -0.462 e. The number of benzene rings is 1. The molecule has 0 spiro atoms. The molecule has 1 atom stereocenters. The summed E-state index contributed by atoms with van der Waals surface area (Å²) in [7, 11) is 0. The fourth-order valence-electron chi connectivity index (χ4n) is 2.72. The van der Waals surface area contributed by atoms with Crippen molar-refractivity contribution in [3.8, 4) is 0 Å². The van der Waals surface area contributed by atoms with Gasteiger partial charge in [-0.25, -0.2) is 13.6 Å². The van der Waals surface area contributed by atoms with Gasteiger partial charge in [-0.3, -0.25) is 4.79 Å². The van der Waals surface area contributed by atoms with Crippen LogP contribution < -0.4 is 5.43 Å². The van der Waals surface area contributed by atoms with Gasteiger partial charge in [0.05, 0.1) is 27.9 Å². The Balaban J connectivity index is 2.49. The molecule has 2 heterocycles. The van der Waals surface area contributed by atoms with Crippen LogP contribution in [-0.2, 0) is 4.74 Å². The second kappa shape index (κ2) is 5.49. The van der Waals surface area contributed by atoms with Gasteiger partial charge in [0.2, 0.25) is 5.43 Å². The molecule has 1 aromatic carbocycles. The number of nitrogens with zero attached hydrogens (tertiary/aromatic N) is 1. The van der Waals surface area contributed by atoms with Gasteiger partial charge in [0, 0.05) is 5.56 Å². The maximum atomic E-state index is 14.0. The van der Waals surface area contributed by atoms with Crippen LogP contribution in [0.4, 0.5) is 8.78 Å². The van der Waals surface area contributed by atoms with E-state index in [0.29, 0.717) is 5.03 Å². The number of rotatable bonds is 3. The maximum absolute atomic E-state index is 14.0. The molecule has 0 saturated carbocycles. The highest BCUT2D eigenvalue weighted by molar-refractivity contribution is 8.00. The van der Waals surface area contributed by atoms with Gasteiger partial charge >= 0.3 is 5.97 Å². The van der Waals surface area contributed by atoms with Gasteiger partial charge in [-0.05, 0) is 19.9 Å². The number of fused-ring (bicyclic) bond motifs is 3. The SMILES string of the molecule is C=Cc1c(F)c(F)cc2c(=O)c(C(=O)OCC)c3n(c12)C(C)S3. The fraction of sp³-hybridized carbons (Fsp3) is 0.250. The molecule has 1 aromatic heterocycles. The van der Waals surface area contributed by atoms with Crippen molar-refractivity contribution in [2.45, 2.75) is 24.2 Å². The Kier molecular flexibility index (Phi) is 3.75.